The van der Waals surface area contributed by atoms with E-state index in [9.17, 15) is 9.59 Å². The fraction of sp³-hybridized carbons (Fsp3) is 0.353. The molecule has 0 spiro atoms. The van der Waals surface area contributed by atoms with Crippen LogP contribution in [-0.4, -0.2) is 41.9 Å². The fourth-order valence-corrected chi connectivity index (χ4v) is 5.57. The summed E-state index contributed by atoms with van der Waals surface area (Å²) in [6.07, 6.45) is 6.16. The number of carbonyl (C=O) groups excluding carboxylic acids is 2. The predicted molar refractivity (Wildman–Crippen MR) is 160 cm³/mol. The van der Waals surface area contributed by atoms with Gasteiger partial charge in [0.15, 0.2) is 0 Å². The number of carbonyl (C=O) groups is 2. The highest BCUT2D eigenvalue weighted by Gasteiger charge is 2.27. The molecule has 1 fully saturated rings. The third kappa shape index (κ3) is 8.42. The Morgan fingerprint density at radius 1 is 0.636 bits per heavy atom. The molecule has 0 N–H and O–H groups in total. The number of nitrogens with zero attached hydrogens (tertiary/aromatic N) is 8. The number of pyridine rings is 2. The van der Waals surface area contributed by atoms with Gasteiger partial charge in [0.1, 0.15) is 35.1 Å². The molecule has 4 aromatic heterocycles. The van der Waals surface area contributed by atoms with Crippen molar-refractivity contribution < 1.29 is 9.59 Å². The van der Waals surface area contributed by atoms with E-state index >= 15 is 0 Å². The first-order valence-electron chi connectivity index (χ1n) is 14.9. The van der Waals surface area contributed by atoms with Crippen LogP contribution in [0.4, 0.5) is 0 Å². The van der Waals surface area contributed by atoms with Crippen molar-refractivity contribution in [2.75, 3.05) is 0 Å². The van der Waals surface area contributed by atoms with Gasteiger partial charge in [-0.05, 0) is 80.6 Å². The normalized spacial score (nSPS) is 16.0. The third-order valence-corrected chi connectivity index (χ3v) is 7.91. The molecule has 10 nitrogen and oxygen atoms in total. The topological polar surface area (TPSA) is 159 Å². The van der Waals surface area contributed by atoms with Gasteiger partial charge in [-0.1, -0.05) is 18.6 Å². The molecule has 0 radical (unpaired) electrons. The van der Waals surface area contributed by atoms with Gasteiger partial charge in [0.25, 0.3) is 0 Å². The number of ketones is 2. The lowest BCUT2D eigenvalue weighted by molar-refractivity contribution is -0.119. The molecule has 0 saturated heterocycles. The number of aromatic nitrogens is 6. The van der Waals surface area contributed by atoms with Gasteiger partial charge in [0.2, 0.25) is 0 Å². The summed E-state index contributed by atoms with van der Waals surface area (Å²) in [6, 6.07) is 22.2. The van der Waals surface area contributed by atoms with Crippen LogP contribution in [0.15, 0.2) is 60.7 Å². The van der Waals surface area contributed by atoms with Crippen molar-refractivity contribution in [2.45, 2.75) is 76.0 Å². The molecule has 4 heterocycles. The lowest BCUT2D eigenvalue weighted by Gasteiger charge is -2.28. The summed E-state index contributed by atoms with van der Waals surface area (Å²) >= 11 is 0. The number of aryl methyl sites for hydroxylation is 2. The first kappa shape index (κ1) is 30.2. The average Bonchev–Trinajstić information content (AvgIpc) is 3.07. The Labute approximate surface area is 256 Å². The highest BCUT2D eigenvalue weighted by molar-refractivity contribution is 5.81. The summed E-state index contributed by atoms with van der Waals surface area (Å²) in [5, 5.41) is 35.8. The van der Waals surface area contributed by atoms with E-state index in [0.717, 1.165) is 48.5 Å². The molecule has 0 aliphatic heterocycles. The van der Waals surface area contributed by atoms with Gasteiger partial charge in [-0.2, -0.15) is 30.9 Å². The maximum absolute atomic E-state index is 12.4. The standard InChI is InChI=1S/C34H32N8O2/c35-21-29-8-2-6-27(37-29)19-31(43)14-10-25-12-16-33(41-39-25)23-4-1-5-24(18-23)34-17-13-26(40-42-34)11-15-32(44)20-28-7-3-9-30(22-36)38-28/h2-3,6-9,12-13,16-17,23-24H,1,4-5,10-11,14-15,18-20H2. The SMILES string of the molecule is N#Cc1cccc(CC(=O)CCc2ccc(C3CCCC(c4ccc(CCC(=O)Cc5cccc(C#N)n5)nn4)C3)nn2)n1. The number of hydrogen-bond acceptors (Lipinski definition) is 10. The molecule has 2 atom stereocenters. The van der Waals surface area contributed by atoms with E-state index in [2.05, 4.69) is 30.4 Å². The second-order valence-electron chi connectivity index (χ2n) is 11.1. The quantitative estimate of drug-likeness (QED) is 0.228. The van der Waals surface area contributed by atoms with Crippen LogP contribution in [0.25, 0.3) is 0 Å². The van der Waals surface area contributed by atoms with E-state index in [1.54, 1.807) is 36.4 Å². The van der Waals surface area contributed by atoms with E-state index in [0.29, 0.717) is 48.5 Å². The van der Waals surface area contributed by atoms with Crippen LogP contribution in [0.5, 0.6) is 0 Å². The molecule has 0 bridgehead atoms. The summed E-state index contributed by atoms with van der Waals surface area (Å²) in [6.45, 7) is 0. The van der Waals surface area contributed by atoms with Crippen molar-refractivity contribution in [3.63, 3.8) is 0 Å². The fourth-order valence-electron chi connectivity index (χ4n) is 5.57. The Hall–Kier alpha value is -5.22. The predicted octanol–water partition coefficient (Wildman–Crippen LogP) is 4.73. The Morgan fingerprint density at radius 3 is 1.52 bits per heavy atom. The van der Waals surface area contributed by atoms with Gasteiger partial charge in [-0.3, -0.25) is 9.59 Å². The maximum Gasteiger partial charge on any atom is 0.140 e. The van der Waals surface area contributed by atoms with Crippen LogP contribution in [0, 0.1) is 22.7 Å². The van der Waals surface area contributed by atoms with E-state index in [-0.39, 0.29) is 36.2 Å². The van der Waals surface area contributed by atoms with Crippen molar-refractivity contribution in [3.05, 3.63) is 106 Å². The maximum atomic E-state index is 12.4. The Balaban J connectivity index is 1.08. The average molecular weight is 585 g/mol. The van der Waals surface area contributed by atoms with E-state index in [4.69, 9.17) is 10.5 Å². The summed E-state index contributed by atoms with van der Waals surface area (Å²) in [7, 11) is 0. The highest BCUT2D eigenvalue weighted by atomic mass is 16.1. The molecule has 2 unspecified atom stereocenters. The largest absolute Gasteiger partial charge is 0.299 e. The molecule has 0 aromatic carbocycles. The summed E-state index contributed by atoms with van der Waals surface area (Å²) in [5.74, 6) is 0.657. The van der Waals surface area contributed by atoms with Crippen molar-refractivity contribution in [3.8, 4) is 12.1 Å². The monoisotopic (exact) mass is 584 g/mol. The number of rotatable bonds is 12. The minimum atomic E-state index is 0.0481. The van der Waals surface area contributed by atoms with Crippen molar-refractivity contribution in [2.24, 2.45) is 0 Å². The first-order valence-corrected chi connectivity index (χ1v) is 14.9. The van der Waals surface area contributed by atoms with Crippen LogP contribution in [0.1, 0.15) is 95.9 Å². The van der Waals surface area contributed by atoms with Crippen LogP contribution in [0.2, 0.25) is 0 Å². The molecule has 44 heavy (non-hydrogen) atoms. The molecule has 10 heteroatoms. The van der Waals surface area contributed by atoms with Crippen molar-refractivity contribution in [1.29, 1.82) is 10.5 Å². The van der Waals surface area contributed by atoms with Crippen LogP contribution in [-0.2, 0) is 35.3 Å². The van der Waals surface area contributed by atoms with E-state index in [1.807, 2.05) is 36.4 Å². The Kier molecular flexibility index (Phi) is 10.2. The molecule has 1 saturated carbocycles. The smallest absolute Gasteiger partial charge is 0.140 e. The zero-order chi connectivity index (χ0) is 30.7. The van der Waals surface area contributed by atoms with Crippen LogP contribution < -0.4 is 0 Å². The van der Waals surface area contributed by atoms with Crippen molar-refractivity contribution in [1.82, 2.24) is 30.4 Å². The minimum Gasteiger partial charge on any atom is -0.299 e. The molecule has 4 aromatic rings. The molecule has 5 rings (SSSR count). The molecule has 0 amide bonds. The van der Waals surface area contributed by atoms with Crippen LogP contribution in [0.3, 0.4) is 0 Å². The number of hydrogen-bond donors (Lipinski definition) is 0. The number of nitriles is 2. The molecule has 1 aliphatic rings. The Morgan fingerprint density at radius 2 is 1.11 bits per heavy atom. The molecule has 1 aliphatic carbocycles. The second kappa shape index (κ2) is 14.8. The second-order valence-corrected chi connectivity index (χ2v) is 11.1. The summed E-state index contributed by atoms with van der Waals surface area (Å²) in [5.41, 5.74) is 5.30. The lowest BCUT2D eigenvalue weighted by atomic mass is 9.78. The minimum absolute atomic E-state index is 0.0481. The van der Waals surface area contributed by atoms with Gasteiger partial charge in [-0.25, -0.2) is 9.97 Å². The Bertz CT molecular complexity index is 1570. The van der Waals surface area contributed by atoms with E-state index < -0.39 is 0 Å². The summed E-state index contributed by atoms with van der Waals surface area (Å²) < 4.78 is 0. The van der Waals surface area contributed by atoms with Crippen molar-refractivity contribution >= 4 is 11.6 Å². The summed E-state index contributed by atoms with van der Waals surface area (Å²) in [4.78, 5) is 33.2. The van der Waals surface area contributed by atoms with Crippen LogP contribution >= 0.6 is 0 Å². The van der Waals surface area contributed by atoms with Gasteiger partial charge < -0.3 is 0 Å². The van der Waals surface area contributed by atoms with Gasteiger partial charge in [0.05, 0.1) is 22.8 Å². The third-order valence-electron chi connectivity index (χ3n) is 7.91. The first-order chi connectivity index (χ1) is 21.5. The molecule has 220 valence electrons. The zero-order valence-corrected chi connectivity index (χ0v) is 24.4. The van der Waals surface area contributed by atoms with Gasteiger partial charge in [0, 0.05) is 48.9 Å². The van der Waals surface area contributed by atoms with Gasteiger partial charge >= 0.3 is 0 Å². The zero-order valence-electron chi connectivity index (χ0n) is 24.4. The van der Waals surface area contributed by atoms with E-state index in [1.165, 1.54) is 0 Å². The highest BCUT2D eigenvalue weighted by Crippen LogP contribution is 2.39. The van der Waals surface area contributed by atoms with Gasteiger partial charge in [-0.15, -0.1) is 0 Å². The number of Topliss-reactive ketones (excluding diaryl/α,β-unsaturated/α-hetero) is 2. The molecular formula is C34H32N8O2. The lowest BCUT2D eigenvalue weighted by Crippen LogP contribution is -2.16. The molecular weight excluding hydrogens is 552 g/mol.